The lowest BCUT2D eigenvalue weighted by atomic mass is 9.85. The average Bonchev–Trinajstić information content (AvgIpc) is 3.70. The van der Waals surface area contributed by atoms with E-state index in [4.69, 9.17) is 24.2 Å². The molecule has 11 heteroatoms. The Kier molecular flexibility index (Phi) is 8.74. The molecule has 10 nitrogen and oxygen atoms in total. The molecule has 6 bridgehead atoms. The molecule has 0 radical (unpaired) electrons. The van der Waals surface area contributed by atoms with Gasteiger partial charge in [0.25, 0.3) is 0 Å². The van der Waals surface area contributed by atoms with Crippen molar-refractivity contribution in [3.8, 4) is 44.6 Å². The molecule has 3 aromatic carbocycles. The van der Waals surface area contributed by atoms with E-state index < -0.39 is 17.7 Å². The summed E-state index contributed by atoms with van der Waals surface area (Å²) in [7, 11) is 1.93. The largest absolute Gasteiger partial charge is 0.493 e. The number of benzene rings is 3. The molecule has 0 amide bonds. The summed E-state index contributed by atoms with van der Waals surface area (Å²) in [6.07, 6.45) is 9.04. The lowest BCUT2D eigenvalue weighted by molar-refractivity contribution is -0.160. The molecule has 268 valence electrons. The fourth-order valence-corrected chi connectivity index (χ4v) is 8.71. The standard InChI is InChI=1S/C41H43N5O5S/c1-22-15-29-38-36(35(22)37(40(47)48)51-41(3,4)5)25-11-12-33-27(16-25)24(13-14-49-33)10-8-7-9-23(2)50-34-18-32-26(19-43-46(32)6)17-28(34)30-20-42-21-31(44-30)39(45-29)52-38/h11-12,15-21,23-24,37H,7-10,13-14H2,1-6H3,(H,47,48)/t23-,24?,37?/m0/s1. The van der Waals surface area contributed by atoms with Crippen molar-refractivity contribution >= 4 is 38.4 Å². The van der Waals surface area contributed by atoms with Gasteiger partial charge in [0.1, 0.15) is 22.2 Å². The number of hydrogen-bond donors (Lipinski definition) is 1. The number of aromatic nitrogens is 5. The molecule has 0 saturated heterocycles. The van der Waals surface area contributed by atoms with Crippen LogP contribution in [0.25, 0.3) is 54.2 Å². The van der Waals surface area contributed by atoms with Crippen LogP contribution in [0.15, 0.2) is 55.0 Å². The van der Waals surface area contributed by atoms with Crippen LogP contribution in [0.4, 0.5) is 0 Å². The molecular weight excluding hydrogens is 675 g/mol. The van der Waals surface area contributed by atoms with E-state index >= 15 is 0 Å². The third-order valence-electron chi connectivity index (χ3n) is 10.1. The highest BCUT2D eigenvalue weighted by Crippen LogP contribution is 2.47. The van der Waals surface area contributed by atoms with Gasteiger partial charge in [0.15, 0.2) is 6.10 Å². The summed E-state index contributed by atoms with van der Waals surface area (Å²) in [5.41, 5.74) is 7.49. The normalized spacial score (nSPS) is 18.2. The minimum atomic E-state index is -1.19. The molecule has 6 aromatic rings. The highest BCUT2D eigenvalue weighted by Gasteiger charge is 2.33. The Morgan fingerprint density at radius 1 is 1.02 bits per heavy atom. The average molecular weight is 718 g/mol. The number of rotatable bonds is 3. The Balaban J connectivity index is 1.37. The van der Waals surface area contributed by atoms with E-state index in [1.165, 1.54) is 11.3 Å². The maximum atomic E-state index is 13.0. The Labute approximate surface area is 306 Å². The summed E-state index contributed by atoms with van der Waals surface area (Å²) in [5, 5.41) is 16.8. The minimum Gasteiger partial charge on any atom is -0.493 e. The summed E-state index contributed by atoms with van der Waals surface area (Å²) in [4.78, 5) is 27.9. The lowest BCUT2D eigenvalue weighted by Gasteiger charge is -2.29. The number of ether oxygens (including phenoxy) is 3. The predicted octanol–water partition coefficient (Wildman–Crippen LogP) is 9.43. The quantitative estimate of drug-likeness (QED) is 0.191. The zero-order chi connectivity index (χ0) is 36.3. The third kappa shape index (κ3) is 6.41. The van der Waals surface area contributed by atoms with Crippen LogP contribution in [0, 0.1) is 6.92 Å². The first kappa shape index (κ1) is 34.2. The Morgan fingerprint density at radius 2 is 1.83 bits per heavy atom. The molecule has 8 rings (SSSR count). The number of aryl methyl sites for hydroxylation is 2. The molecule has 3 aromatic heterocycles. The predicted molar refractivity (Wildman–Crippen MR) is 203 cm³/mol. The number of thiazole rings is 1. The molecule has 0 spiro atoms. The van der Waals surface area contributed by atoms with E-state index in [1.807, 2.05) is 69.9 Å². The molecule has 52 heavy (non-hydrogen) atoms. The van der Waals surface area contributed by atoms with Crippen molar-refractivity contribution in [3.05, 3.63) is 71.7 Å². The van der Waals surface area contributed by atoms with Gasteiger partial charge in [-0.1, -0.05) is 12.5 Å². The highest BCUT2D eigenvalue weighted by molar-refractivity contribution is 7.22. The van der Waals surface area contributed by atoms with Gasteiger partial charge in [-0.05, 0) is 107 Å². The van der Waals surface area contributed by atoms with E-state index in [2.05, 4.69) is 29.1 Å². The van der Waals surface area contributed by atoms with Crippen LogP contribution in [-0.2, 0) is 16.6 Å². The number of aliphatic carboxylic acids is 1. The Morgan fingerprint density at radius 3 is 2.63 bits per heavy atom. The summed E-state index contributed by atoms with van der Waals surface area (Å²) >= 11 is 1.49. The van der Waals surface area contributed by atoms with Crippen LogP contribution in [0.1, 0.15) is 88.5 Å². The number of carboxylic acids is 1. The zero-order valence-electron chi connectivity index (χ0n) is 30.4. The van der Waals surface area contributed by atoms with Gasteiger partial charge in [0, 0.05) is 35.2 Å². The first-order chi connectivity index (χ1) is 24.9. The van der Waals surface area contributed by atoms with Crippen molar-refractivity contribution in [2.45, 2.75) is 90.4 Å². The second kappa shape index (κ2) is 13.3. The smallest absolute Gasteiger partial charge is 0.337 e. The topological polar surface area (TPSA) is 121 Å². The molecule has 2 unspecified atom stereocenters. The summed E-state index contributed by atoms with van der Waals surface area (Å²) < 4.78 is 21.9. The number of carbonyl (C=O) groups is 1. The Bertz CT molecular complexity index is 2340. The third-order valence-corrected chi connectivity index (χ3v) is 11.2. The van der Waals surface area contributed by atoms with Crippen LogP contribution in [-0.4, -0.2) is 54.1 Å². The van der Waals surface area contributed by atoms with E-state index in [0.29, 0.717) is 34.5 Å². The summed E-state index contributed by atoms with van der Waals surface area (Å²) in [6.45, 7) is 10.4. The molecule has 5 heterocycles. The first-order valence-corrected chi connectivity index (χ1v) is 18.8. The zero-order valence-corrected chi connectivity index (χ0v) is 31.2. The summed E-state index contributed by atoms with van der Waals surface area (Å²) in [5.74, 6) is 0.913. The fraction of sp³-hybridized carbons (Fsp3) is 0.390. The minimum absolute atomic E-state index is 0.0168. The van der Waals surface area contributed by atoms with Crippen LogP contribution >= 0.6 is 11.3 Å². The number of carboxylic acid groups (broad SMARTS) is 1. The molecule has 0 aliphatic carbocycles. The number of fused-ring (bicyclic) bond motifs is 9. The van der Waals surface area contributed by atoms with Gasteiger partial charge in [0.05, 0.1) is 58.3 Å². The molecule has 0 saturated carbocycles. The maximum Gasteiger partial charge on any atom is 0.337 e. The van der Waals surface area contributed by atoms with Crippen molar-refractivity contribution in [2.75, 3.05) is 6.61 Å². The summed E-state index contributed by atoms with van der Waals surface area (Å²) in [6, 6.07) is 12.4. The van der Waals surface area contributed by atoms with Gasteiger partial charge in [-0.15, -0.1) is 11.3 Å². The maximum absolute atomic E-state index is 13.0. The highest BCUT2D eigenvalue weighted by atomic mass is 32.1. The van der Waals surface area contributed by atoms with Crippen molar-refractivity contribution in [1.29, 1.82) is 0 Å². The van der Waals surface area contributed by atoms with Gasteiger partial charge in [-0.25, -0.2) is 14.8 Å². The second-order valence-electron chi connectivity index (χ2n) is 15.1. The van der Waals surface area contributed by atoms with Gasteiger partial charge in [0.2, 0.25) is 0 Å². The van der Waals surface area contributed by atoms with Crippen molar-refractivity contribution in [3.63, 3.8) is 0 Å². The van der Waals surface area contributed by atoms with E-state index in [0.717, 1.165) is 92.5 Å². The van der Waals surface area contributed by atoms with Gasteiger partial charge in [-0.2, -0.15) is 5.10 Å². The SMILES string of the molecule is Cc1cc2nc3sc2c(c1C(OC(C)(C)C)C(=O)O)-c1ccc2c(c1)C(CCCC[C@H](C)Oc1cc4c(cnn4C)cc1-c1cncc-3n1)CCO2. The van der Waals surface area contributed by atoms with Crippen molar-refractivity contribution in [2.24, 2.45) is 7.05 Å². The second-order valence-corrected chi connectivity index (χ2v) is 16.1. The van der Waals surface area contributed by atoms with E-state index in [-0.39, 0.29) is 6.10 Å². The fourth-order valence-electron chi connectivity index (χ4n) is 7.63. The molecule has 2 aliphatic rings. The molecule has 3 atom stereocenters. The van der Waals surface area contributed by atoms with Crippen LogP contribution in [0.5, 0.6) is 11.5 Å². The van der Waals surface area contributed by atoms with Crippen molar-refractivity contribution in [1.82, 2.24) is 24.7 Å². The van der Waals surface area contributed by atoms with Crippen LogP contribution < -0.4 is 9.47 Å². The van der Waals surface area contributed by atoms with Gasteiger partial charge < -0.3 is 19.3 Å². The molecular formula is C41H43N5O5S. The van der Waals surface area contributed by atoms with Crippen molar-refractivity contribution < 1.29 is 24.1 Å². The molecule has 2 aliphatic heterocycles. The molecule has 1 N–H and O–H groups in total. The van der Waals surface area contributed by atoms with E-state index in [1.54, 1.807) is 12.4 Å². The van der Waals surface area contributed by atoms with Gasteiger partial charge >= 0.3 is 5.97 Å². The van der Waals surface area contributed by atoms with Gasteiger partial charge in [-0.3, -0.25) is 9.67 Å². The Hall–Kier alpha value is -4.87. The van der Waals surface area contributed by atoms with Crippen LogP contribution in [0.2, 0.25) is 0 Å². The molecule has 0 fully saturated rings. The monoisotopic (exact) mass is 717 g/mol. The van der Waals surface area contributed by atoms with Crippen LogP contribution in [0.3, 0.4) is 0 Å². The number of nitrogens with zero attached hydrogens (tertiary/aromatic N) is 5. The first-order valence-electron chi connectivity index (χ1n) is 18.0. The number of hydrogen-bond acceptors (Lipinski definition) is 9. The van der Waals surface area contributed by atoms with E-state index in [9.17, 15) is 9.90 Å². The lowest BCUT2D eigenvalue weighted by Crippen LogP contribution is -2.28.